The van der Waals surface area contributed by atoms with Crippen LogP contribution in [0.2, 0.25) is 0 Å². The second-order valence-electron chi connectivity index (χ2n) is 3.18. The van der Waals surface area contributed by atoms with Crippen molar-refractivity contribution in [3.8, 4) is 0 Å². The van der Waals surface area contributed by atoms with Crippen molar-refractivity contribution in [3.63, 3.8) is 0 Å². The first kappa shape index (κ1) is 9.56. The molecule has 0 amide bonds. The average molecular weight is 258 g/mol. The topological polar surface area (TPSA) is 12.0 Å². The minimum atomic E-state index is 0.733. The molecular weight excluding hydrogens is 246 g/mol. The molecule has 70 valence electrons. The fourth-order valence-corrected chi connectivity index (χ4v) is 2.92. The van der Waals surface area contributed by atoms with Crippen LogP contribution in [-0.2, 0) is 0 Å². The molecule has 3 heteroatoms. The lowest BCUT2D eigenvalue weighted by Crippen LogP contribution is -2.44. The van der Waals surface area contributed by atoms with E-state index in [9.17, 15) is 0 Å². The van der Waals surface area contributed by atoms with Gasteiger partial charge in [0.1, 0.15) is 0 Å². The molecular formula is C10H12BrNS. The molecule has 13 heavy (non-hydrogen) atoms. The summed E-state index contributed by atoms with van der Waals surface area (Å²) in [7, 11) is 0. The second kappa shape index (κ2) is 4.49. The zero-order valence-corrected chi connectivity index (χ0v) is 9.70. The summed E-state index contributed by atoms with van der Waals surface area (Å²) in [6.45, 7) is 1.20. The normalized spacial score (nSPS) is 21.2. The molecule has 1 saturated heterocycles. The molecule has 1 N–H and O–H groups in total. The summed E-state index contributed by atoms with van der Waals surface area (Å²) in [5.41, 5.74) is 0. The van der Waals surface area contributed by atoms with E-state index < -0.39 is 0 Å². The zero-order valence-electron chi connectivity index (χ0n) is 7.29. The molecule has 0 aliphatic carbocycles. The summed E-state index contributed by atoms with van der Waals surface area (Å²) < 4.78 is 1.21. The van der Waals surface area contributed by atoms with Crippen LogP contribution in [0.1, 0.15) is 6.42 Å². The maximum Gasteiger partial charge on any atom is 0.0311 e. The summed E-state index contributed by atoms with van der Waals surface area (Å²) in [6, 6.07) is 9.12. The van der Waals surface area contributed by atoms with Gasteiger partial charge in [-0.1, -0.05) is 12.1 Å². The standard InChI is InChI=1S/C10H12BrNS/c11-9-3-1-2-4-10(9)13-7-8-5-6-12-8/h1-4,8,12H,5-7H2. The van der Waals surface area contributed by atoms with Crippen molar-refractivity contribution in [3.05, 3.63) is 28.7 Å². The maximum atomic E-state index is 3.55. The van der Waals surface area contributed by atoms with E-state index in [-0.39, 0.29) is 0 Å². The lowest BCUT2D eigenvalue weighted by atomic mass is 10.1. The SMILES string of the molecule is Brc1ccccc1SCC1CCN1. The van der Waals surface area contributed by atoms with Crippen LogP contribution in [0.3, 0.4) is 0 Å². The van der Waals surface area contributed by atoms with Crippen molar-refractivity contribution in [1.29, 1.82) is 0 Å². The molecule has 1 unspecified atom stereocenters. The monoisotopic (exact) mass is 257 g/mol. The highest BCUT2D eigenvalue weighted by Gasteiger charge is 2.16. The molecule has 0 aromatic heterocycles. The summed E-state index contributed by atoms with van der Waals surface area (Å²) in [5, 5.41) is 3.40. The van der Waals surface area contributed by atoms with Crippen molar-refractivity contribution >= 4 is 27.7 Å². The number of benzene rings is 1. The molecule has 2 rings (SSSR count). The third kappa shape index (κ3) is 2.48. The van der Waals surface area contributed by atoms with Gasteiger partial charge in [-0.25, -0.2) is 0 Å². The Balaban J connectivity index is 1.89. The van der Waals surface area contributed by atoms with Crippen LogP contribution in [0.15, 0.2) is 33.6 Å². The van der Waals surface area contributed by atoms with E-state index in [0.29, 0.717) is 0 Å². The van der Waals surface area contributed by atoms with Gasteiger partial charge < -0.3 is 5.32 Å². The lowest BCUT2D eigenvalue weighted by molar-refractivity contribution is 0.405. The first-order chi connectivity index (χ1) is 6.36. The number of nitrogens with one attached hydrogen (secondary N) is 1. The predicted octanol–water partition coefficient (Wildman–Crippen LogP) is 2.90. The Labute approximate surface area is 91.4 Å². The largest absolute Gasteiger partial charge is 0.313 e. The number of hydrogen-bond donors (Lipinski definition) is 1. The summed E-state index contributed by atoms with van der Waals surface area (Å²) in [6.07, 6.45) is 1.33. The summed E-state index contributed by atoms with van der Waals surface area (Å²) >= 11 is 5.47. The first-order valence-corrected chi connectivity index (χ1v) is 6.25. The van der Waals surface area contributed by atoms with Crippen LogP contribution in [0.25, 0.3) is 0 Å². The summed E-state index contributed by atoms with van der Waals surface area (Å²) in [4.78, 5) is 1.34. The Morgan fingerprint density at radius 1 is 1.46 bits per heavy atom. The van der Waals surface area contributed by atoms with E-state index in [0.717, 1.165) is 6.04 Å². The lowest BCUT2D eigenvalue weighted by Gasteiger charge is -2.27. The van der Waals surface area contributed by atoms with Crippen molar-refractivity contribution in [2.75, 3.05) is 12.3 Å². The third-order valence-electron chi connectivity index (χ3n) is 2.20. The maximum absolute atomic E-state index is 3.55. The van der Waals surface area contributed by atoms with Crippen LogP contribution >= 0.6 is 27.7 Å². The van der Waals surface area contributed by atoms with Gasteiger partial charge in [-0.2, -0.15) is 0 Å². The van der Waals surface area contributed by atoms with E-state index in [2.05, 4.69) is 45.5 Å². The molecule has 1 aliphatic heterocycles. The smallest absolute Gasteiger partial charge is 0.0311 e. The molecule has 1 fully saturated rings. The fraction of sp³-hybridized carbons (Fsp3) is 0.400. The number of rotatable bonds is 3. The van der Waals surface area contributed by atoms with E-state index in [1.54, 1.807) is 0 Å². The minimum absolute atomic E-state index is 0.733. The highest BCUT2D eigenvalue weighted by molar-refractivity contribution is 9.10. The Hall–Kier alpha value is 0.01000. The number of hydrogen-bond acceptors (Lipinski definition) is 2. The first-order valence-electron chi connectivity index (χ1n) is 4.47. The Kier molecular flexibility index (Phi) is 3.30. The Morgan fingerprint density at radius 2 is 2.23 bits per heavy atom. The van der Waals surface area contributed by atoms with Gasteiger partial charge in [0.2, 0.25) is 0 Å². The van der Waals surface area contributed by atoms with Crippen molar-refractivity contribution in [1.82, 2.24) is 5.32 Å². The van der Waals surface area contributed by atoms with E-state index in [4.69, 9.17) is 0 Å². The van der Waals surface area contributed by atoms with Crippen LogP contribution < -0.4 is 5.32 Å². The molecule has 1 nitrogen and oxygen atoms in total. The van der Waals surface area contributed by atoms with Crippen LogP contribution in [0.5, 0.6) is 0 Å². The highest BCUT2D eigenvalue weighted by atomic mass is 79.9. The molecule has 0 radical (unpaired) electrons. The van der Waals surface area contributed by atoms with Gasteiger partial charge in [0, 0.05) is 21.2 Å². The molecule has 1 heterocycles. The van der Waals surface area contributed by atoms with Crippen molar-refractivity contribution < 1.29 is 0 Å². The molecule has 0 saturated carbocycles. The average Bonchev–Trinajstić information content (AvgIpc) is 2.05. The van der Waals surface area contributed by atoms with Crippen LogP contribution in [0.4, 0.5) is 0 Å². The third-order valence-corrected chi connectivity index (χ3v) is 4.39. The van der Waals surface area contributed by atoms with Crippen molar-refractivity contribution in [2.45, 2.75) is 17.4 Å². The van der Waals surface area contributed by atoms with Crippen LogP contribution in [-0.4, -0.2) is 18.3 Å². The van der Waals surface area contributed by atoms with E-state index >= 15 is 0 Å². The minimum Gasteiger partial charge on any atom is -0.313 e. The van der Waals surface area contributed by atoms with Gasteiger partial charge in [-0.15, -0.1) is 11.8 Å². The van der Waals surface area contributed by atoms with E-state index in [1.807, 2.05) is 11.8 Å². The fourth-order valence-electron chi connectivity index (χ4n) is 1.24. The highest BCUT2D eigenvalue weighted by Crippen LogP contribution is 2.28. The van der Waals surface area contributed by atoms with Gasteiger partial charge in [0.15, 0.2) is 0 Å². The number of halogens is 1. The molecule has 1 aromatic carbocycles. The second-order valence-corrected chi connectivity index (χ2v) is 5.10. The predicted molar refractivity (Wildman–Crippen MR) is 61.3 cm³/mol. The molecule has 1 atom stereocenters. The van der Waals surface area contributed by atoms with Gasteiger partial charge in [0.25, 0.3) is 0 Å². The molecule has 1 aromatic rings. The Morgan fingerprint density at radius 3 is 2.85 bits per heavy atom. The Bertz CT molecular complexity index is 286. The van der Waals surface area contributed by atoms with Crippen molar-refractivity contribution in [2.24, 2.45) is 0 Å². The summed E-state index contributed by atoms with van der Waals surface area (Å²) in [5.74, 6) is 1.18. The quantitative estimate of drug-likeness (QED) is 0.837. The molecule has 0 bridgehead atoms. The van der Waals surface area contributed by atoms with Gasteiger partial charge in [-0.3, -0.25) is 0 Å². The zero-order chi connectivity index (χ0) is 9.10. The van der Waals surface area contributed by atoms with Gasteiger partial charge in [0.05, 0.1) is 0 Å². The molecule has 1 aliphatic rings. The van der Waals surface area contributed by atoms with Gasteiger partial charge >= 0.3 is 0 Å². The van der Waals surface area contributed by atoms with Gasteiger partial charge in [-0.05, 0) is 41.0 Å². The molecule has 0 spiro atoms. The van der Waals surface area contributed by atoms with E-state index in [1.165, 1.54) is 28.1 Å². The van der Waals surface area contributed by atoms with Crippen LogP contribution in [0, 0.1) is 0 Å². The number of thioether (sulfide) groups is 1.